The number of aromatic nitrogens is 2. The maximum atomic E-state index is 12.3. The van der Waals surface area contributed by atoms with E-state index in [-0.39, 0.29) is 23.2 Å². The van der Waals surface area contributed by atoms with Crippen LogP contribution in [0.1, 0.15) is 0 Å². The molecule has 21 heavy (non-hydrogen) atoms. The van der Waals surface area contributed by atoms with Crippen molar-refractivity contribution in [2.75, 3.05) is 10.7 Å². The average molecular weight is 364 g/mol. The molecular formula is C11H9BrF3N5O. The molecule has 1 aromatic heterocycles. The maximum absolute atomic E-state index is 12.3. The Kier molecular flexibility index (Phi) is 4.48. The molecule has 0 aliphatic heterocycles. The van der Waals surface area contributed by atoms with Gasteiger partial charge >= 0.3 is 6.36 Å². The number of nitrogen functional groups attached to an aromatic ring is 1. The van der Waals surface area contributed by atoms with E-state index in [1.54, 1.807) is 6.07 Å². The van der Waals surface area contributed by atoms with E-state index in [2.05, 4.69) is 41.4 Å². The molecule has 2 rings (SSSR count). The number of hydrogen-bond donors (Lipinski definition) is 3. The van der Waals surface area contributed by atoms with Crippen LogP contribution >= 0.6 is 15.9 Å². The van der Waals surface area contributed by atoms with Crippen molar-refractivity contribution >= 4 is 33.4 Å². The molecule has 0 radical (unpaired) electrons. The number of alkyl halides is 3. The number of hydrazine groups is 1. The molecule has 0 saturated carbocycles. The largest absolute Gasteiger partial charge is 0.573 e. The lowest BCUT2D eigenvalue weighted by Gasteiger charge is -2.15. The lowest BCUT2D eigenvalue weighted by Crippen LogP contribution is -2.18. The number of nitrogens with two attached hydrogens (primary N) is 1. The first-order valence-electron chi connectivity index (χ1n) is 5.50. The van der Waals surface area contributed by atoms with Crippen LogP contribution in [0.25, 0.3) is 0 Å². The molecule has 0 atom stereocenters. The molecule has 4 N–H and O–H groups in total. The minimum Gasteiger partial charge on any atom is -0.404 e. The van der Waals surface area contributed by atoms with E-state index in [4.69, 9.17) is 5.84 Å². The van der Waals surface area contributed by atoms with Crippen molar-refractivity contribution < 1.29 is 17.9 Å². The summed E-state index contributed by atoms with van der Waals surface area (Å²) in [6, 6.07) is 5.59. The van der Waals surface area contributed by atoms with Gasteiger partial charge in [0.25, 0.3) is 0 Å². The first kappa shape index (κ1) is 15.3. The fraction of sp³-hybridized carbons (Fsp3) is 0.0909. The highest BCUT2D eigenvalue weighted by molar-refractivity contribution is 9.10. The first-order chi connectivity index (χ1) is 9.89. The molecule has 1 aromatic carbocycles. The fourth-order valence-corrected chi connectivity index (χ4v) is 1.73. The van der Waals surface area contributed by atoms with Crippen LogP contribution in [0.2, 0.25) is 0 Å². The number of hydrogen-bond acceptors (Lipinski definition) is 6. The number of nitrogens with one attached hydrogen (secondary N) is 2. The van der Waals surface area contributed by atoms with E-state index in [0.29, 0.717) is 4.47 Å². The Bertz CT molecular complexity index is 637. The molecule has 1 heterocycles. The third kappa shape index (κ3) is 4.20. The molecule has 0 saturated heterocycles. The normalized spacial score (nSPS) is 11.1. The number of benzene rings is 1. The van der Waals surface area contributed by atoms with Gasteiger partial charge in [-0.2, -0.15) is 4.98 Å². The van der Waals surface area contributed by atoms with Gasteiger partial charge in [-0.1, -0.05) is 12.1 Å². The average Bonchev–Trinajstić information content (AvgIpc) is 2.42. The van der Waals surface area contributed by atoms with Gasteiger partial charge in [0, 0.05) is 6.20 Å². The van der Waals surface area contributed by atoms with Crippen molar-refractivity contribution in [2.24, 2.45) is 5.84 Å². The van der Waals surface area contributed by atoms with Crippen molar-refractivity contribution in [1.82, 2.24) is 9.97 Å². The Morgan fingerprint density at radius 3 is 2.62 bits per heavy atom. The van der Waals surface area contributed by atoms with Crippen molar-refractivity contribution in [3.63, 3.8) is 0 Å². The van der Waals surface area contributed by atoms with E-state index < -0.39 is 6.36 Å². The van der Waals surface area contributed by atoms with E-state index in [1.165, 1.54) is 24.4 Å². The minimum absolute atomic E-state index is 0.0946. The van der Waals surface area contributed by atoms with Gasteiger partial charge in [0.2, 0.25) is 5.95 Å². The fourth-order valence-electron chi connectivity index (χ4n) is 1.44. The second kappa shape index (κ2) is 6.14. The summed E-state index contributed by atoms with van der Waals surface area (Å²) in [5.41, 5.74) is 2.33. The number of anilines is 3. The van der Waals surface area contributed by atoms with Crippen molar-refractivity contribution in [2.45, 2.75) is 6.36 Å². The van der Waals surface area contributed by atoms with Crippen LogP contribution in [0.3, 0.4) is 0 Å². The van der Waals surface area contributed by atoms with E-state index in [0.717, 1.165) is 0 Å². The quantitative estimate of drug-likeness (QED) is 0.571. The molecule has 0 spiro atoms. The Labute approximate surface area is 125 Å². The molecular weight excluding hydrogens is 355 g/mol. The summed E-state index contributed by atoms with van der Waals surface area (Å²) in [5.74, 6) is 5.15. The summed E-state index contributed by atoms with van der Waals surface area (Å²) < 4.78 is 41.4. The van der Waals surface area contributed by atoms with Crippen LogP contribution < -0.4 is 21.3 Å². The summed E-state index contributed by atoms with van der Waals surface area (Å²) in [7, 11) is 0. The van der Waals surface area contributed by atoms with E-state index in [1.807, 2.05) is 0 Å². The summed E-state index contributed by atoms with van der Waals surface area (Å²) in [5, 5.41) is 2.72. The van der Waals surface area contributed by atoms with Crippen LogP contribution in [-0.4, -0.2) is 16.3 Å². The highest BCUT2D eigenvalue weighted by Crippen LogP contribution is 2.33. The van der Waals surface area contributed by atoms with Crippen LogP contribution in [0.15, 0.2) is 34.9 Å². The predicted octanol–water partition coefficient (Wildman–Crippen LogP) is 3.17. The van der Waals surface area contributed by atoms with Crippen LogP contribution in [0.4, 0.5) is 30.6 Å². The van der Waals surface area contributed by atoms with Gasteiger partial charge in [0.05, 0.1) is 10.2 Å². The monoisotopic (exact) mass is 363 g/mol. The Balaban J connectivity index is 2.31. The van der Waals surface area contributed by atoms with E-state index in [9.17, 15) is 13.2 Å². The van der Waals surface area contributed by atoms with Gasteiger partial charge in [-0.25, -0.2) is 10.8 Å². The second-order valence-electron chi connectivity index (χ2n) is 3.70. The Morgan fingerprint density at radius 1 is 1.24 bits per heavy atom. The SMILES string of the molecule is NNc1ncc(Br)c(Nc2ccccc2OC(F)(F)F)n1. The zero-order valence-corrected chi connectivity index (χ0v) is 11.9. The zero-order chi connectivity index (χ0) is 15.5. The third-order valence-corrected chi connectivity index (χ3v) is 2.82. The molecule has 0 aliphatic carbocycles. The summed E-state index contributed by atoms with van der Waals surface area (Å²) in [4.78, 5) is 7.82. The van der Waals surface area contributed by atoms with Crippen LogP contribution in [-0.2, 0) is 0 Å². The van der Waals surface area contributed by atoms with Crippen molar-refractivity contribution in [3.05, 3.63) is 34.9 Å². The summed E-state index contributed by atoms with van der Waals surface area (Å²) >= 11 is 3.18. The van der Waals surface area contributed by atoms with Crippen LogP contribution in [0.5, 0.6) is 5.75 Å². The van der Waals surface area contributed by atoms with Gasteiger partial charge in [0.1, 0.15) is 0 Å². The molecule has 0 amide bonds. The third-order valence-electron chi connectivity index (χ3n) is 2.24. The molecule has 10 heteroatoms. The number of para-hydroxylation sites is 2. The smallest absolute Gasteiger partial charge is 0.404 e. The van der Waals surface area contributed by atoms with E-state index >= 15 is 0 Å². The highest BCUT2D eigenvalue weighted by Gasteiger charge is 2.32. The molecule has 0 unspecified atom stereocenters. The van der Waals surface area contributed by atoms with Gasteiger partial charge in [0.15, 0.2) is 11.6 Å². The molecule has 2 aromatic rings. The van der Waals surface area contributed by atoms with Crippen LogP contribution in [0, 0.1) is 0 Å². The standard InChI is InChI=1S/C11H9BrF3N5O/c12-6-5-17-10(20-16)19-9(6)18-7-3-1-2-4-8(7)21-11(13,14)15/h1-5H,16H2,(H2,17,18,19,20). The summed E-state index contributed by atoms with van der Waals surface area (Å²) in [6.45, 7) is 0. The molecule has 6 nitrogen and oxygen atoms in total. The van der Waals surface area contributed by atoms with Crippen molar-refractivity contribution in [1.29, 1.82) is 0 Å². The summed E-state index contributed by atoms with van der Waals surface area (Å²) in [6.07, 6.45) is -3.39. The number of halogens is 4. The number of ether oxygens (including phenoxy) is 1. The van der Waals surface area contributed by atoms with Crippen molar-refractivity contribution in [3.8, 4) is 5.75 Å². The number of nitrogens with zero attached hydrogens (tertiary/aromatic N) is 2. The maximum Gasteiger partial charge on any atom is 0.573 e. The lowest BCUT2D eigenvalue weighted by molar-refractivity contribution is -0.274. The first-order valence-corrected chi connectivity index (χ1v) is 6.29. The molecule has 0 bridgehead atoms. The number of rotatable bonds is 4. The predicted molar refractivity (Wildman–Crippen MR) is 73.9 cm³/mol. The van der Waals surface area contributed by atoms with Gasteiger partial charge < -0.3 is 10.1 Å². The van der Waals surface area contributed by atoms with Gasteiger partial charge in [-0.3, -0.25) is 5.43 Å². The second-order valence-corrected chi connectivity index (χ2v) is 4.56. The zero-order valence-electron chi connectivity index (χ0n) is 10.3. The molecule has 112 valence electrons. The van der Waals surface area contributed by atoms with Gasteiger partial charge in [-0.15, -0.1) is 13.2 Å². The minimum atomic E-state index is -4.79. The Hall–Kier alpha value is -2.07. The Morgan fingerprint density at radius 2 is 1.95 bits per heavy atom. The molecule has 0 fully saturated rings. The topological polar surface area (TPSA) is 85.1 Å². The highest BCUT2D eigenvalue weighted by atomic mass is 79.9. The lowest BCUT2D eigenvalue weighted by atomic mass is 10.3. The molecule has 0 aliphatic rings. The van der Waals surface area contributed by atoms with Gasteiger partial charge in [-0.05, 0) is 28.1 Å².